The van der Waals surface area contributed by atoms with Gasteiger partial charge in [0.15, 0.2) is 0 Å². The SMILES string of the molecule is CC(=O)OCCc1cc(Cl)ccc1C1(N)COC1. The number of carbonyl (C=O) groups excluding carboxylic acids is 1. The van der Waals surface area contributed by atoms with Gasteiger partial charge < -0.3 is 15.2 Å². The van der Waals surface area contributed by atoms with Crippen molar-refractivity contribution in [2.75, 3.05) is 19.8 Å². The fraction of sp³-hybridized carbons (Fsp3) is 0.462. The summed E-state index contributed by atoms with van der Waals surface area (Å²) in [6.45, 7) is 2.74. The van der Waals surface area contributed by atoms with Crippen molar-refractivity contribution < 1.29 is 14.3 Å². The van der Waals surface area contributed by atoms with Crippen LogP contribution in [0, 0.1) is 0 Å². The zero-order chi connectivity index (χ0) is 13.2. The Morgan fingerprint density at radius 2 is 2.28 bits per heavy atom. The van der Waals surface area contributed by atoms with Gasteiger partial charge in [-0.3, -0.25) is 4.79 Å². The molecule has 0 saturated carbocycles. The first-order valence-electron chi connectivity index (χ1n) is 5.80. The highest BCUT2D eigenvalue weighted by molar-refractivity contribution is 6.30. The maximum Gasteiger partial charge on any atom is 0.302 e. The molecule has 0 amide bonds. The number of hydrogen-bond acceptors (Lipinski definition) is 4. The Hall–Kier alpha value is -1.10. The van der Waals surface area contributed by atoms with E-state index in [4.69, 9.17) is 26.8 Å². The summed E-state index contributed by atoms with van der Waals surface area (Å²) < 4.78 is 10.1. The molecule has 0 aliphatic carbocycles. The summed E-state index contributed by atoms with van der Waals surface area (Å²) in [5.74, 6) is -0.284. The number of nitrogens with two attached hydrogens (primary N) is 1. The fourth-order valence-corrected chi connectivity index (χ4v) is 2.23. The smallest absolute Gasteiger partial charge is 0.302 e. The molecule has 0 spiro atoms. The third kappa shape index (κ3) is 2.83. The normalized spacial score (nSPS) is 17.1. The summed E-state index contributed by atoms with van der Waals surface area (Å²) in [5, 5.41) is 0.653. The van der Waals surface area contributed by atoms with Gasteiger partial charge in [-0.25, -0.2) is 0 Å². The minimum Gasteiger partial charge on any atom is -0.466 e. The van der Waals surface area contributed by atoms with E-state index in [-0.39, 0.29) is 5.97 Å². The summed E-state index contributed by atoms with van der Waals surface area (Å²) in [5.41, 5.74) is 7.82. The second kappa shape index (κ2) is 5.26. The molecule has 0 atom stereocenters. The van der Waals surface area contributed by atoms with Gasteiger partial charge in [-0.1, -0.05) is 17.7 Å². The molecule has 1 fully saturated rings. The van der Waals surface area contributed by atoms with Gasteiger partial charge in [-0.2, -0.15) is 0 Å². The molecule has 0 radical (unpaired) electrons. The molecule has 98 valence electrons. The number of rotatable bonds is 4. The zero-order valence-corrected chi connectivity index (χ0v) is 11.0. The van der Waals surface area contributed by atoms with Gasteiger partial charge in [0.05, 0.1) is 25.4 Å². The van der Waals surface area contributed by atoms with Crippen LogP contribution in [0.15, 0.2) is 18.2 Å². The molecule has 2 N–H and O–H groups in total. The fourth-order valence-electron chi connectivity index (χ4n) is 2.04. The van der Waals surface area contributed by atoms with Crippen molar-refractivity contribution in [1.29, 1.82) is 0 Å². The minimum atomic E-state index is -0.434. The van der Waals surface area contributed by atoms with E-state index >= 15 is 0 Å². The van der Waals surface area contributed by atoms with Crippen molar-refractivity contribution >= 4 is 17.6 Å². The molecule has 0 aromatic heterocycles. The van der Waals surface area contributed by atoms with Crippen molar-refractivity contribution in [3.63, 3.8) is 0 Å². The number of benzene rings is 1. The topological polar surface area (TPSA) is 61.5 Å². The van der Waals surface area contributed by atoms with E-state index in [0.29, 0.717) is 31.3 Å². The number of ether oxygens (including phenoxy) is 2. The molecule has 1 aliphatic rings. The van der Waals surface area contributed by atoms with Crippen LogP contribution in [0.25, 0.3) is 0 Å². The monoisotopic (exact) mass is 269 g/mol. The van der Waals surface area contributed by atoms with Crippen LogP contribution in [0.1, 0.15) is 18.1 Å². The van der Waals surface area contributed by atoms with Crippen LogP contribution in [0.2, 0.25) is 5.02 Å². The quantitative estimate of drug-likeness (QED) is 0.844. The lowest BCUT2D eigenvalue weighted by Crippen LogP contribution is -2.54. The first kappa shape index (κ1) is 13.3. The standard InChI is InChI=1S/C13H16ClNO3/c1-9(16)18-5-4-10-6-11(14)2-3-12(10)13(15)7-17-8-13/h2-3,6H,4-5,7-8,15H2,1H3. The second-order valence-electron chi connectivity index (χ2n) is 4.54. The molecule has 0 unspecified atom stereocenters. The van der Waals surface area contributed by atoms with Crippen molar-refractivity contribution in [3.8, 4) is 0 Å². The summed E-state index contributed by atoms with van der Waals surface area (Å²) in [4.78, 5) is 10.8. The van der Waals surface area contributed by atoms with E-state index in [9.17, 15) is 4.79 Å². The molecule has 2 rings (SSSR count). The Kier molecular flexibility index (Phi) is 3.90. The van der Waals surface area contributed by atoms with Crippen molar-refractivity contribution in [2.24, 2.45) is 5.73 Å². The molecule has 1 heterocycles. The number of hydrogen-bond donors (Lipinski definition) is 1. The van der Waals surface area contributed by atoms with E-state index in [0.717, 1.165) is 11.1 Å². The van der Waals surface area contributed by atoms with Gasteiger partial charge >= 0.3 is 5.97 Å². The highest BCUT2D eigenvalue weighted by atomic mass is 35.5. The Morgan fingerprint density at radius 3 is 2.83 bits per heavy atom. The van der Waals surface area contributed by atoms with Gasteiger partial charge in [0, 0.05) is 18.4 Å². The molecule has 1 aromatic carbocycles. The van der Waals surface area contributed by atoms with Crippen LogP contribution in [0.5, 0.6) is 0 Å². The number of carbonyl (C=O) groups is 1. The maximum atomic E-state index is 10.8. The first-order valence-corrected chi connectivity index (χ1v) is 6.18. The second-order valence-corrected chi connectivity index (χ2v) is 4.98. The lowest BCUT2D eigenvalue weighted by Gasteiger charge is -2.39. The number of halogens is 1. The summed E-state index contributed by atoms with van der Waals surface area (Å²) in [6, 6.07) is 5.61. The first-order chi connectivity index (χ1) is 8.51. The van der Waals surface area contributed by atoms with E-state index in [2.05, 4.69) is 0 Å². The molecule has 4 nitrogen and oxygen atoms in total. The van der Waals surface area contributed by atoms with Gasteiger partial charge in [-0.15, -0.1) is 0 Å². The molecule has 0 bridgehead atoms. The van der Waals surface area contributed by atoms with E-state index in [1.54, 1.807) is 0 Å². The van der Waals surface area contributed by atoms with Gasteiger partial charge in [-0.05, 0) is 23.3 Å². The Bertz CT molecular complexity index is 458. The van der Waals surface area contributed by atoms with Crippen LogP contribution in [-0.4, -0.2) is 25.8 Å². The summed E-state index contributed by atoms with van der Waals surface area (Å²) in [6.07, 6.45) is 0.606. The van der Waals surface area contributed by atoms with Gasteiger partial charge in [0.2, 0.25) is 0 Å². The molecule has 1 aliphatic heterocycles. The lowest BCUT2D eigenvalue weighted by atomic mass is 9.85. The average Bonchev–Trinajstić information content (AvgIpc) is 2.26. The summed E-state index contributed by atoms with van der Waals surface area (Å²) >= 11 is 5.99. The van der Waals surface area contributed by atoms with E-state index in [1.807, 2.05) is 18.2 Å². The molecule has 1 saturated heterocycles. The predicted octanol–water partition coefficient (Wildman–Crippen LogP) is 1.63. The minimum absolute atomic E-state index is 0.284. The van der Waals surface area contributed by atoms with Crippen LogP contribution >= 0.6 is 11.6 Å². The van der Waals surface area contributed by atoms with Gasteiger partial charge in [0.1, 0.15) is 0 Å². The van der Waals surface area contributed by atoms with E-state index < -0.39 is 5.54 Å². The average molecular weight is 270 g/mol. The van der Waals surface area contributed by atoms with Crippen molar-refractivity contribution in [2.45, 2.75) is 18.9 Å². The molecular weight excluding hydrogens is 254 g/mol. The Morgan fingerprint density at radius 1 is 1.56 bits per heavy atom. The lowest BCUT2D eigenvalue weighted by molar-refractivity contribution is -0.140. The third-order valence-electron chi connectivity index (χ3n) is 3.00. The Labute approximate surface area is 111 Å². The van der Waals surface area contributed by atoms with Crippen LogP contribution in [-0.2, 0) is 26.2 Å². The highest BCUT2D eigenvalue weighted by Crippen LogP contribution is 2.31. The van der Waals surface area contributed by atoms with Gasteiger partial charge in [0.25, 0.3) is 0 Å². The highest BCUT2D eigenvalue weighted by Gasteiger charge is 2.37. The largest absolute Gasteiger partial charge is 0.466 e. The third-order valence-corrected chi connectivity index (χ3v) is 3.23. The van der Waals surface area contributed by atoms with Crippen LogP contribution < -0.4 is 5.73 Å². The maximum absolute atomic E-state index is 10.8. The van der Waals surface area contributed by atoms with Crippen LogP contribution in [0.4, 0.5) is 0 Å². The number of esters is 1. The van der Waals surface area contributed by atoms with E-state index in [1.165, 1.54) is 6.92 Å². The zero-order valence-electron chi connectivity index (χ0n) is 10.2. The van der Waals surface area contributed by atoms with Crippen molar-refractivity contribution in [3.05, 3.63) is 34.3 Å². The summed E-state index contributed by atoms with van der Waals surface area (Å²) in [7, 11) is 0. The van der Waals surface area contributed by atoms with Crippen LogP contribution in [0.3, 0.4) is 0 Å². The van der Waals surface area contributed by atoms with Crippen molar-refractivity contribution in [1.82, 2.24) is 0 Å². The molecule has 18 heavy (non-hydrogen) atoms. The Balaban J connectivity index is 2.16. The molecule has 1 aromatic rings. The molecular formula is C13H16ClNO3. The molecule has 5 heteroatoms. The predicted molar refractivity (Wildman–Crippen MR) is 68.5 cm³/mol.